The van der Waals surface area contributed by atoms with Crippen molar-refractivity contribution < 1.29 is 14.3 Å². The lowest BCUT2D eigenvalue weighted by Crippen LogP contribution is -2.16. The van der Waals surface area contributed by atoms with E-state index in [4.69, 9.17) is 17.3 Å². The summed E-state index contributed by atoms with van der Waals surface area (Å²) in [6.07, 6.45) is 0. The molecule has 0 aromatic heterocycles. The van der Waals surface area contributed by atoms with Gasteiger partial charge in [0.25, 0.3) is 5.91 Å². The van der Waals surface area contributed by atoms with Gasteiger partial charge in [-0.05, 0) is 24.3 Å². The first-order chi connectivity index (χ1) is 10.0. The maximum Gasteiger partial charge on any atom is 0.339 e. The second kappa shape index (κ2) is 6.28. The summed E-state index contributed by atoms with van der Waals surface area (Å²) in [6, 6.07) is 11.3. The number of benzene rings is 2. The Morgan fingerprint density at radius 1 is 1.10 bits per heavy atom. The fourth-order valence-electron chi connectivity index (χ4n) is 1.80. The molecule has 0 aliphatic rings. The molecule has 0 fully saturated rings. The number of rotatable bonds is 3. The monoisotopic (exact) mass is 304 g/mol. The summed E-state index contributed by atoms with van der Waals surface area (Å²) in [5.74, 6) is -0.990. The van der Waals surface area contributed by atoms with Crippen LogP contribution in [0.3, 0.4) is 0 Å². The smallest absolute Gasteiger partial charge is 0.339 e. The van der Waals surface area contributed by atoms with E-state index in [2.05, 4.69) is 10.1 Å². The van der Waals surface area contributed by atoms with Crippen molar-refractivity contribution in [1.82, 2.24) is 0 Å². The van der Waals surface area contributed by atoms with Gasteiger partial charge in [0.15, 0.2) is 0 Å². The fourth-order valence-corrected chi connectivity index (χ4v) is 1.98. The highest BCUT2D eigenvalue weighted by Crippen LogP contribution is 2.24. The molecule has 0 saturated heterocycles. The van der Waals surface area contributed by atoms with Crippen LogP contribution >= 0.6 is 11.6 Å². The van der Waals surface area contributed by atoms with Gasteiger partial charge in [-0.1, -0.05) is 29.8 Å². The number of hydrogen-bond donors (Lipinski definition) is 2. The molecule has 5 nitrogen and oxygen atoms in total. The van der Waals surface area contributed by atoms with E-state index in [1.165, 1.54) is 7.11 Å². The van der Waals surface area contributed by atoms with Gasteiger partial charge < -0.3 is 15.8 Å². The van der Waals surface area contributed by atoms with Crippen LogP contribution in [0.25, 0.3) is 0 Å². The molecule has 0 spiro atoms. The Hall–Kier alpha value is -2.53. The number of methoxy groups -OCH3 is 1. The minimum atomic E-state index is -0.537. The first kappa shape index (κ1) is 14.9. The standard InChI is InChI=1S/C15H13ClN2O3/c1-21-15(20)9-5-2-3-8-12(9)18-14(19)10-6-4-7-11(16)13(10)17/h2-8H,17H2,1H3,(H,18,19). The van der Waals surface area contributed by atoms with E-state index in [-0.39, 0.29) is 16.8 Å². The Balaban J connectivity index is 2.32. The predicted octanol–water partition coefficient (Wildman–Crippen LogP) is 2.96. The number of ether oxygens (including phenoxy) is 1. The van der Waals surface area contributed by atoms with Crippen molar-refractivity contribution in [2.24, 2.45) is 0 Å². The molecule has 0 aliphatic heterocycles. The van der Waals surface area contributed by atoms with Gasteiger partial charge in [-0.2, -0.15) is 0 Å². The number of hydrogen-bond acceptors (Lipinski definition) is 4. The first-order valence-corrected chi connectivity index (χ1v) is 6.45. The van der Waals surface area contributed by atoms with Crippen LogP contribution in [0.4, 0.5) is 11.4 Å². The number of para-hydroxylation sites is 2. The molecule has 0 aliphatic carbocycles. The van der Waals surface area contributed by atoms with E-state index in [1.807, 2.05) is 0 Å². The molecule has 2 aromatic carbocycles. The number of nitrogen functional groups attached to an aromatic ring is 1. The number of nitrogens with two attached hydrogens (primary N) is 1. The van der Waals surface area contributed by atoms with Crippen molar-refractivity contribution in [3.63, 3.8) is 0 Å². The number of carbonyl (C=O) groups is 2. The number of amides is 1. The maximum atomic E-state index is 12.2. The van der Waals surface area contributed by atoms with Gasteiger partial charge in [-0.3, -0.25) is 4.79 Å². The molecular weight excluding hydrogens is 292 g/mol. The summed E-state index contributed by atoms with van der Waals surface area (Å²) < 4.78 is 4.67. The van der Waals surface area contributed by atoms with Crippen LogP contribution in [0.2, 0.25) is 5.02 Å². The molecule has 0 unspecified atom stereocenters. The minimum Gasteiger partial charge on any atom is -0.465 e. The summed E-state index contributed by atoms with van der Waals surface area (Å²) in [7, 11) is 1.27. The molecule has 2 rings (SSSR count). The Morgan fingerprint density at radius 3 is 2.48 bits per heavy atom. The third-order valence-electron chi connectivity index (χ3n) is 2.88. The molecule has 108 valence electrons. The maximum absolute atomic E-state index is 12.2. The number of carbonyl (C=O) groups excluding carboxylic acids is 2. The van der Waals surface area contributed by atoms with Gasteiger partial charge in [0.05, 0.1) is 34.6 Å². The molecule has 0 radical (unpaired) electrons. The highest BCUT2D eigenvalue weighted by atomic mass is 35.5. The first-order valence-electron chi connectivity index (χ1n) is 6.07. The Morgan fingerprint density at radius 2 is 1.76 bits per heavy atom. The molecule has 0 atom stereocenters. The molecule has 2 aromatic rings. The third kappa shape index (κ3) is 3.14. The normalized spacial score (nSPS) is 10.0. The lowest BCUT2D eigenvalue weighted by Gasteiger charge is -2.11. The van der Waals surface area contributed by atoms with Crippen LogP contribution in [0.15, 0.2) is 42.5 Å². The average molecular weight is 305 g/mol. The zero-order valence-corrected chi connectivity index (χ0v) is 12.0. The highest BCUT2D eigenvalue weighted by molar-refractivity contribution is 6.34. The molecule has 3 N–H and O–H groups in total. The summed E-state index contributed by atoms with van der Waals surface area (Å²) in [4.78, 5) is 23.9. The highest BCUT2D eigenvalue weighted by Gasteiger charge is 2.16. The molecule has 0 bridgehead atoms. The van der Waals surface area contributed by atoms with Gasteiger partial charge >= 0.3 is 5.97 Å². The van der Waals surface area contributed by atoms with Crippen molar-refractivity contribution >= 4 is 34.9 Å². The third-order valence-corrected chi connectivity index (χ3v) is 3.21. The summed E-state index contributed by atoms with van der Waals surface area (Å²) >= 11 is 5.89. The zero-order chi connectivity index (χ0) is 15.4. The van der Waals surface area contributed by atoms with Gasteiger partial charge in [-0.25, -0.2) is 4.79 Å². The van der Waals surface area contributed by atoms with Crippen molar-refractivity contribution in [1.29, 1.82) is 0 Å². The SMILES string of the molecule is COC(=O)c1ccccc1NC(=O)c1cccc(Cl)c1N. The van der Waals surface area contributed by atoms with Gasteiger partial charge in [0.2, 0.25) is 0 Å². The Kier molecular flexibility index (Phi) is 4.45. The van der Waals surface area contributed by atoms with Crippen LogP contribution in [-0.4, -0.2) is 19.0 Å². The quantitative estimate of drug-likeness (QED) is 0.674. The van der Waals surface area contributed by atoms with E-state index in [0.29, 0.717) is 10.7 Å². The topological polar surface area (TPSA) is 81.4 Å². The second-order valence-electron chi connectivity index (χ2n) is 4.19. The van der Waals surface area contributed by atoms with Crippen molar-refractivity contribution in [3.8, 4) is 0 Å². The number of halogens is 1. The van der Waals surface area contributed by atoms with Crippen LogP contribution < -0.4 is 11.1 Å². The van der Waals surface area contributed by atoms with Crippen molar-refractivity contribution in [2.45, 2.75) is 0 Å². The number of nitrogens with one attached hydrogen (secondary N) is 1. The van der Waals surface area contributed by atoms with Crippen molar-refractivity contribution in [3.05, 3.63) is 58.6 Å². The molecule has 0 heterocycles. The minimum absolute atomic E-state index is 0.187. The molecular formula is C15H13ClN2O3. The molecule has 1 amide bonds. The van der Waals surface area contributed by atoms with Crippen LogP contribution in [0, 0.1) is 0 Å². The summed E-state index contributed by atoms with van der Waals surface area (Å²) in [6.45, 7) is 0. The van der Waals surface area contributed by atoms with Gasteiger partial charge in [0.1, 0.15) is 0 Å². The van der Waals surface area contributed by atoms with Crippen LogP contribution in [0.5, 0.6) is 0 Å². The van der Waals surface area contributed by atoms with Crippen LogP contribution in [-0.2, 0) is 4.74 Å². The fraction of sp³-hybridized carbons (Fsp3) is 0.0667. The van der Waals surface area contributed by atoms with Gasteiger partial charge in [0, 0.05) is 0 Å². The van der Waals surface area contributed by atoms with Gasteiger partial charge in [-0.15, -0.1) is 0 Å². The van der Waals surface area contributed by atoms with E-state index < -0.39 is 11.9 Å². The summed E-state index contributed by atoms with van der Waals surface area (Å²) in [5, 5.41) is 2.93. The second-order valence-corrected chi connectivity index (χ2v) is 4.60. The van der Waals surface area contributed by atoms with E-state index >= 15 is 0 Å². The summed E-state index contributed by atoms with van der Waals surface area (Å²) in [5.41, 5.74) is 6.80. The largest absolute Gasteiger partial charge is 0.465 e. The number of anilines is 2. The Bertz CT molecular complexity index is 701. The lowest BCUT2D eigenvalue weighted by atomic mass is 10.1. The molecule has 0 saturated carbocycles. The lowest BCUT2D eigenvalue weighted by molar-refractivity contribution is 0.0602. The Labute approximate surface area is 126 Å². The zero-order valence-electron chi connectivity index (χ0n) is 11.2. The van der Waals surface area contributed by atoms with E-state index in [0.717, 1.165) is 0 Å². The molecule has 6 heteroatoms. The van der Waals surface area contributed by atoms with E-state index in [1.54, 1.807) is 42.5 Å². The predicted molar refractivity (Wildman–Crippen MR) is 81.6 cm³/mol. The van der Waals surface area contributed by atoms with Crippen molar-refractivity contribution in [2.75, 3.05) is 18.2 Å². The van der Waals surface area contributed by atoms with Crippen LogP contribution in [0.1, 0.15) is 20.7 Å². The van der Waals surface area contributed by atoms with E-state index in [9.17, 15) is 9.59 Å². The molecule has 21 heavy (non-hydrogen) atoms. The number of esters is 1. The average Bonchev–Trinajstić information content (AvgIpc) is 2.49.